The molecule has 26 heavy (non-hydrogen) atoms. The number of carbonyl (C=O) groups is 2. The fraction of sp³-hybridized carbons (Fsp3) is 0.579. The van der Waals surface area contributed by atoms with Gasteiger partial charge in [-0.05, 0) is 32.8 Å². The lowest BCUT2D eigenvalue weighted by Gasteiger charge is -2.38. The van der Waals surface area contributed by atoms with E-state index in [0.717, 1.165) is 19.4 Å². The minimum atomic E-state index is -0.236. The summed E-state index contributed by atoms with van der Waals surface area (Å²) in [5.41, 5.74) is 1.25. The third-order valence-corrected chi connectivity index (χ3v) is 5.42. The SMILES string of the molecule is CC(C)=CCN1CC2(CCN(C(=O)c3ccc(=O)n(C)n3)CC2)CC1=O. The number of rotatable bonds is 3. The van der Waals surface area contributed by atoms with Crippen LogP contribution in [0.25, 0.3) is 0 Å². The molecule has 2 saturated heterocycles. The Morgan fingerprint density at radius 2 is 1.92 bits per heavy atom. The molecule has 0 saturated carbocycles. The molecule has 0 N–H and O–H groups in total. The van der Waals surface area contributed by atoms with Gasteiger partial charge in [-0.3, -0.25) is 14.4 Å². The van der Waals surface area contributed by atoms with E-state index in [1.54, 1.807) is 4.90 Å². The lowest BCUT2D eigenvalue weighted by atomic mass is 9.77. The number of likely N-dealkylation sites (tertiary alicyclic amines) is 2. The first-order valence-electron chi connectivity index (χ1n) is 9.04. The van der Waals surface area contributed by atoms with Gasteiger partial charge in [-0.1, -0.05) is 11.6 Å². The van der Waals surface area contributed by atoms with Gasteiger partial charge in [-0.2, -0.15) is 5.10 Å². The Kier molecular flexibility index (Phi) is 4.98. The van der Waals surface area contributed by atoms with Crippen molar-refractivity contribution in [1.82, 2.24) is 19.6 Å². The molecule has 0 unspecified atom stereocenters. The van der Waals surface area contributed by atoms with Crippen LogP contribution in [0.2, 0.25) is 0 Å². The topological polar surface area (TPSA) is 75.5 Å². The molecule has 0 radical (unpaired) electrons. The highest BCUT2D eigenvalue weighted by atomic mass is 16.2. The van der Waals surface area contributed by atoms with Crippen molar-refractivity contribution in [2.24, 2.45) is 12.5 Å². The van der Waals surface area contributed by atoms with Gasteiger partial charge >= 0.3 is 0 Å². The summed E-state index contributed by atoms with van der Waals surface area (Å²) >= 11 is 0. The third kappa shape index (κ3) is 3.71. The lowest BCUT2D eigenvalue weighted by molar-refractivity contribution is -0.127. The van der Waals surface area contributed by atoms with Crippen molar-refractivity contribution in [3.63, 3.8) is 0 Å². The molecular weight excluding hydrogens is 332 g/mol. The van der Waals surface area contributed by atoms with Gasteiger partial charge in [-0.15, -0.1) is 0 Å². The predicted octanol–water partition coefficient (Wildman–Crippen LogP) is 1.20. The van der Waals surface area contributed by atoms with Crippen LogP contribution in [-0.2, 0) is 11.8 Å². The van der Waals surface area contributed by atoms with E-state index in [-0.39, 0.29) is 28.5 Å². The molecule has 0 aromatic carbocycles. The number of hydrogen-bond donors (Lipinski definition) is 0. The molecule has 0 bridgehead atoms. The highest BCUT2D eigenvalue weighted by molar-refractivity contribution is 5.92. The zero-order valence-corrected chi connectivity index (χ0v) is 15.7. The normalized spacial score (nSPS) is 19.1. The van der Waals surface area contributed by atoms with Crippen molar-refractivity contribution in [1.29, 1.82) is 0 Å². The first kappa shape index (κ1) is 18.4. The number of aryl methyl sites for hydroxylation is 1. The summed E-state index contributed by atoms with van der Waals surface area (Å²) in [4.78, 5) is 40.1. The molecule has 140 valence electrons. The van der Waals surface area contributed by atoms with Crippen LogP contribution in [0.15, 0.2) is 28.6 Å². The summed E-state index contributed by atoms with van der Waals surface area (Å²) in [6.07, 6.45) is 4.30. The van der Waals surface area contributed by atoms with E-state index in [4.69, 9.17) is 0 Å². The number of amides is 2. The van der Waals surface area contributed by atoms with Crippen LogP contribution in [0.1, 0.15) is 43.6 Å². The largest absolute Gasteiger partial charge is 0.338 e. The lowest BCUT2D eigenvalue weighted by Crippen LogP contribution is -2.44. The summed E-state index contributed by atoms with van der Waals surface area (Å²) in [5.74, 6) is 0.0585. The third-order valence-electron chi connectivity index (χ3n) is 5.42. The van der Waals surface area contributed by atoms with Crippen LogP contribution < -0.4 is 5.56 Å². The van der Waals surface area contributed by atoms with Crippen molar-refractivity contribution < 1.29 is 9.59 Å². The number of piperidine rings is 1. The standard InChI is InChI=1S/C19H26N4O3/c1-14(2)6-9-23-13-19(12-17(23)25)7-10-22(11-8-19)18(26)15-4-5-16(24)21(3)20-15/h4-6H,7-13H2,1-3H3. The fourth-order valence-electron chi connectivity index (χ4n) is 3.74. The molecule has 2 fully saturated rings. The van der Waals surface area contributed by atoms with E-state index >= 15 is 0 Å². The van der Waals surface area contributed by atoms with E-state index in [0.29, 0.717) is 26.1 Å². The molecule has 3 heterocycles. The molecule has 0 aliphatic carbocycles. The highest BCUT2D eigenvalue weighted by Crippen LogP contribution is 2.41. The molecule has 1 aromatic rings. The Hall–Kier alpha value is -2.44. The monoisotopic (exact) mass is 358 g/mol. The van der Waals surface area contributed by atoms with Crippen LogP contribution in [0, 0.1) is 5.41 Å². The maximum atomic E-state index is 12.6. The molecule has 1 aromatic heterocycles. The van der Waals surface area contributed by atoms with E-state index in [1.165, 1.54) is 29.4 Å². The first-order valence-corrected chi connectivity index (χ1v) is 9.04. The van der Waals surface area contributed by atoms with Crippen LogP contribution in [-0.4, -0.2) is 57.6 Å². The summed E-state index contributed by atoms with van der Waals surface area (Å²) in [5, 5.41) is 4.05. The molecular formula is C19H26N4O3. The Morgan fingerprint density at radius 3 is 2.54 bits per heavy atom. The Balaban J connectivity index is 1.63. The quantitative estimate of drug-likeness (QED) is 0.761. The fourth-order valence-corrected chi connectivity index (χ4v) is 3.74. The second-order valence-corrected chi connectivity index (χ2v) is 7.71. The van der Waals surface area contributed by atoms with Gasteiger partial charge in [0.15, 0.2) is 0 Å². The summed E-state index contributed by atoms with van der Waals surface area (Å²) < 4.78 is 1.18. The molecule has 2 amide bonds. The van der Waals surface area contributed by atoms with Gasteiger partial charge in [0, 0.05) is 51.1 Å². The van der Waals surface area contributed by atoms with Crippen molar-refractivity contribution in [2.75, 3.05) is 26.2 Å². The maximum absolute atomic E-state index is 12.6. The van der Waals surface area contributed by atoms with Crippen molar-refractivity contribution in [2.45, 2.75) is 33.1 Å². The number of hydrogen-bond acceptors (Lipinski definition) is 4. The summed E-state index contributed by atoms with van der Waals surface area (Å²) in [7, 11) is 1.54. The van der Waals surface area contributed by atoms with Gasteiger partial charge in [0.1, 0.15) is 5.69 Å². The second kappa shape index (κ2) is 7.05. The molecule has 2 aliphatic heterocycles. The zero-order chi connectivity index (χ0) is 18.9. The molecule has 1 spiro atoms. The molecule has 7 heteroatoms. The van der Waals surface area contributed by atoms with Crippen molar-refractivity contribution in [3.05, 3.63) is 39.8 Å². The minimum absolute atomic E-state index is 0.0136. The Labute approximate surface area is 153 Å². The van der Waals surface area contributed by atoms with Crippen LogP contribution >= 0.6 is 0 Å². The number of carbonyl (C=O) groups excluding carboxylic acids is 2. The van der Waals surface area contributed by atoms with Gasteiger partial charge in [0.2, 0.25) is 5.91 Å². The van der Waals surface area contributed by atoms with Gasteiger partial charge < -0.3 is 9.80 Å². The number of allylic oxidation sites excluding steroid dienone is 1. The Morgan fingerprint density at radius 1 is 1.23 bits per heavy atom. The molecule has 7 nitrogen and oxygen atoms in total. The maximum Gasteiger partial charge on any atom is 0.274 e. The smallest absolute Gasteiger partial charge is 0.274 e. The number of aromatic nitrogens is 2. The zero-order valence-electron chi connectivity index (χ0n) is 15.7. The Bertz CT molecular complexity index is 799. The van der Waals surface area contributed by atoms with E-state index in [9.17, 15) is 14.4 Å². The summed E-state index contributed by atoms with van der Waals surface area (Å²) in [6.45, 7) is 6.76. The number of nitrogens with zero attached hydrogens (tertiary/aromatic N) is 4. The van der Waals surface area contributed by atoms with Crippen LogP contribution in [0.5, 0.6) is 0 Å². The van der Waals surface area contributed by atoms with Gasteiger partial charge in [-0.25, -0.2) is 4.68 Å². The van der Waals surface area contributed by atoms with Gasteiger partial charge in [0.05, 0.1) is 0 Å². The van der Waals surface area contributed by atoms with Crippen molar-refractivity contribution >= 4 is 11.8 Å². The average molecular weight is 358 g/mol. The molecule has 3 rings (SSSR count). The first-order chi connectivity index (χ1) is 12.3. The van der Waals surface area contributed by atoms with Crippen molar-refractivity contribution in [3.8, 4) is 0 Å². The predicted molar refractivity (Wildman–Crippen MR) is 97.7 cm³/mol. The van der Waals surface area contributed by atoms with Crippen LogP contribution in [0.4, 0.5) is 0 Å². The highest BCUT2D eigenvalue weighted by Gasteiger charge is 2.45. The summed E-state index contributed by atoms with van der Waals surface area (Å²) in [6, 6.07) is 2.84. The average Bonchev–Trinajstić information content (AvgIpc) is 2.91. The van der Waals surface area contributed by atoms with Gasteiger partial charge in [0.25, 0.3) is 11.5 Å². The minimum Gasteiger partial charge on any atom is -0.338 e. The molecule has 0 atom stereocenters. The van der Waals surface area contributed by atoms with E-state index < -0.39 is 0 Å². The van der Waals surface area contributed by atoms with E-state index in [2.05, 4.69) is 11.2 Å². The second-order valence-electron chi connectivity index (χ2n) is 7.71. The van der Waals surface area contributed by atoms with E-state index in [1.807, 2.05) is 18.7 Å². The van der Waals surface area contributed by atoms with Crippen LogP contribution in [0.3, 0.4) is 0 Å². The molecule has 2 aliphatic rings.